The minimum absolute atomic E-state index is 0.278. The number of hydrogen-bond donors (Lipinski definition) is 1. The first-order valence-electron chi connectivity index (χ1n) is 7.54. The summed E-state index contributed by atoms with van der Waals surface area (Å²) in [6, 6.07) is 8.41. The zero-order chi connectivity index (χ0) is 14.4. The van der Waals surface area contributed by atoms with Crippen molar-refractivity contribution < 1.29 is 9.47 Å². The van der Waals surface area contributed by atoms with Gasteiger partial charge in [-0.25, -0.2) is 0 Å². The van der Waals surface area contributed by atoms with Gasteiger partial charge >= 0.3 is 0 Å². The molecule has 0 bridgehead atoms. The van der Waals surface area contributed by atoms with Crippen LogP contribution in [-0.4, -0.2) is 33.4 Å². The maximum Gasteiger partial charge on any atom is 0.122 e. The maximum absolute atomic E-state index is 5.71. The van der Waals surface area contributed by atoms with Gasteiger partial charge in [0.2, 0.25) is 0 Å². The third-order valence-electron chi connectivity index (χ3n) is 4.06. The normalized spacial score (nSPS) is 18.4. The molecule has 0 saturated heterocycles. The molecule has 0 aromatic heterocycles. The van der Waals surface area contributed by atoms with Gasteiger partial charge in [0.25, 0.3) is 0 Å². The van der Waals surface area contributed by atoms with Crippen LogP contribution in [0.4, 0.5) is 0 Å². The van der Waals surface area contributed by atoms with Gasteiger partial charge in [0, 0.05) is 32.7 Å². The van der Waals surface area contributed by atoms with Crippen LogP contribution in [0, 0.1) is 5.41 Å². The van der Waals surface area contributed by atoms with Crippen molar-refractivity contribution in [3.8, 4) is 5.75 Å². The van der Waals surface area contributed by atoms with E-state index in [4.69, 9.17) is 9.47 Å². The number of nitrogens with one attached hydrogen (secondary N) is 1. The first-order chi connectivity index (χ1) is 9.62. The summed E-state index contributed by atoms with van der Waals surface area (Å²) in [5.74, 6) is 1.63. The summed E-state index contributed by atoms with van der Waals surface area (Å²) in [6.45, 7) is 8.28. The molecule has 1 aromatic carbocycles. The Kier molecular flexibility index (Phi) is 5.44. The van der Waals surface area contributed by atoms with Crippen LogP contribution in [0.1, 0.15) is 38.2 Å². The number of ether oxygens (including phenoxy) is 2. The SMILES string of the molecule is COCCC(C)(C)CNCC1CCOc2ccccc21. The Labute approximate surface area is 122 Å². The van der Waals surface area contributed by atoms with Gasteiger partial charge in [-0.2, -0.15) is 0 Å². The van der Waals surface area contributed by atoms with Crippen LogP contribution >= 0.6 is 0 Å². The van der Waals surface area contributed by atoms with Gasteiger partial charge in [0.05, 0.1) is 6.61 Å². The largest absolute Gasteiger partial charge is 0.493 e. The van der Waals surface area contributed by atoms with Crippen LogP contribution in [0.15, 0.2) is 24.3 Å². The topological polar surface area (TPSA) is 30.5 Å². The third-order valence-corrected chi connectivity index (χ3v) is 4.06. The van der Waals surface area contributed by atoms with Gasteiger partial charge in [-0.05, 0) is 29.9 Å². The van der Waals surface area contributed by atoms with Crippen molar-refractivity contribution in [1.82, 2.24) is 5.32 Å². The zero-order valence-electron chi connectivity index (χ0n) is 12.9. The quantitative estimate of drug-likeness (QED) is 0.830. The van der Waals surface area contributed by atoms with E-state index in [1.165, 1.54) is 5.56 Å². The summed E-state index contributed by atoms with van der Waals surface area (Å²) in [5.41, 5.74) is 1.63. The van der Waals surface area contributed by atoms with Crippen LogP contribution in [0.2, 0.25) is 0 Å². The molecule has 0 aliphatic carbocycles. The van der Waals surface area contributed by atoms with Crippen LogP contribution in [0.3, 0.4) is 0 Å². The number of methoxy groups -OCH3 is 1. The number of rotatable bonds is 7. The lowest BCUT2D eigenvalue weighted by molar-refractivity contribution is 0.150. The molecule has 1 atom stereocenters. The highest BCUT2D eigenvalue weighted by Gasteiger charge is 2.22. The van der Waals surface area contributed by atoms with E-state index in [1.54, 1.807) is 7.11 Å². The molecule has 1 aromatic rings. The van der Waals surface area contributed by atoms with E-state index in [-0.39, 0.29) is 5.41 Å². The molecule has 1 aliphatic rings. The molecule has 0 fully saturated rings. The molecular weight excluding hydrogens is 250 g/mol. The maximum atomic E-state index is 5.71. The van der Waals surface area contributed by atoms with Crippen molar-refractivity contribution >= 4 is 0 Å². The molecule has 1 heterocycles. The summed E-state index contributed by atoms with van der Waals surface area (Å²) in [6.07, 6.45) is 2.18. The minimum atomic E-state index is 0.278. The Morgan fingerprint density at radius 3 is 2.95 bits per heavy atom. The second kappa shape index (κ2) is 7.09. The standard InChI is InChI=1S/C17H27NO2/c1-17(2,9-11-19-3)13-18-12-14-8-10-20-16-7-5-4-6-15(14)16/h4-7,14,18H,8-13H2,1-3H3. The van der Waals surface area contributed by atoms with E-state index in [0.29, 0.717) is 5.92 Å². The predicted octanol–water partition coefficient (Wildman–Crippen LogP) is 3.21. The molecule has 0 spiro atoms. The highest BCUT2D eigenvalue weighted by Crippen LogP contribution is 2.32. The van der Waals surface area contributed by atoms with E-state index >= 15 is 0 Å². The fraction of sp³-hybridized carbons (Fsp3) is 0.647. The van der Waals surface area contributed by atoms with Crippen LogP contribution in [0.5, 0.6) is 5.75 Å². The van der Waals surface area contributed by atoms with Gasteiger partial charge in [-0.3, -0.25) is 0 Å². The monoisotopic (exact) mass is 277 g/mol. The minimum Gasteiger partial charge on any atom is -0.493 e. The molecule has 112 valence electrons. The molecule has 0 radical (unpaired) electrons. The molecule has 0 amide bonds. The van der Waals surface area contributed by atoms with Gasteiger partial charge < -0.3 is 14.8 Å². The average molecular weight is 277 g/mol. The summed E-state index contributed by atoms with van der Waals surface area (Å²) >= 11 is 0. The number of hydrogen-bond acceptors (Lipinski definition) is 3. The van der Waals surface area contributed by atoms with Gasteiger partial charge in [0.1, 0.15) is 5.75 Å². The number of fused-ring (bicyclic) bond motifs is 1. The molecule has 2 rings (SSSR count). The fourth-order valence-electron chi connectivity index (χ4n) is 2.68. The van der Waals surface area contributed by atoms with Crippen LogP contribution < -0.4 is 10.1 Å². The van der Waals surface area contributed by atoms with E-state index in [0.717, 1.165) is 44.9 Å². The Bertz CT molecular complexity index is 417. The summed E-state index contributed by atoms with van der Waals surface area (Å²) in [7, 11) is 1.77. The molecule has 20 heavy (non-hydrogen) atoms. The molecule has 1 unspecified atom stereocenters. The Balaban J connectivity index is 1.83. The van der Waals surface area contributed by atoms with Crippen molar-refractivity contribution in [2.24, 2.45) is 5.41 Å². The highest BCUT2D eigenvalue weighted by atomic mass is 16.5. The second-order valence-corrected chi connectivity index (χ2v) is 6.41. The van der Waals surface area contributed by atoms with Gasteiger partial charge in [-0.15, -0.1) is 0 Å². The molecule has 3 nitrogen and oxygen atoms in total. The Hall–Kier alpha value is -1.06. The lowest BCUT2D eigenvalue weighted by Crippen LogP contribution is -2.34. The molecule has 0 saturated carbocycles. The van der Waals surface area contributed by atoms with Crippen molar-refractivity contribution in [1.29, 1.82) is 0 Å². The fourth-order valence-corrected chi connectivity index (χ4v) is 2.68. The van der Waals surface area contributed by atoms with Crippen molar-refractivity contribution in [3.63, 3.8) is 0 Å². The average Bonchev–Trinajstić information content (AvgIpc) is 2.45. The van der Waals surface area contributed by atoms with Gasteiger partial charge in [-0.1, -0.05) is 32.0 Å². The van der Waals surface area contributed by atoms with Crippen molar-refractivity contribution in [3.05, 3.63) is 29.8 Å². The molecule has 3 heteroatoms. The summed E-state index contributed by atoms with van der Waals surface area (Å²) < 4.78 is 10.9. The first kappa shape index (κ1) is 15.3. The van der Waals surface area contributed by atoms with E-state index < -0.39 is 0 Å². The molecule has 1 N–H and O–H groups in total. The first-order valence-corrected chi connectivity index (χ1v) is 7.54. The third kappa shape index (κ3) is 4.22. The number of para-hydroxylation sites is 1. The number of benzene rings is 1. The lowest BCUT2D eigenvalue weighted by Gasteiger charge is -2.29. The smallest absolute Gasteiger partial charge is 0.122 e. The van der Waals surface area contributed by atoms with E-state index in [9.17, 15) is 0 Å². The van der Waals surface area contributed by atoms with Gasteiger partial charge in [0.15, 0.2) is 0 Å². The lowest BCUT2D eigenvalue weighted by atomic mass is 9.88. The van der Waals surface area contributed by atoms with Crippen LogP contribution in [-0.2, 0) is 4.74 Å². The predicted molar refractivity (Wildman–Crippen MR) is 82.4 cm³/mol. The summed E-state index contributed by atoms with van der Waals surface area (Å²) in [4.78, 5) is 0. The second-order valence-electron chi connectivity index (χ2n) is 6.41. The van der Waals surface area contributed by atoms with Crippen molar-refractivity contribution in [2.45, 2.75) is 32.6 Å². The van der Waals surface area contributed by atoms with Crippen LogP contribution in [0.25, 0.3) is 0 Å². The summed E-state index contributed by atoms with van der Waals surface area (Å²) in [5, 5.41) is 3.63. The van der Waals surface area contributed by atoms with E-state index in [2.05, 4.69) is 37.4 Å². The molecular formula is C17H27NO2. The zero-order valence-corrected chi connectivity index (χ0v) is 12.9. The van der Waals surface area contributed by atoms with Crippen molar-refractivity contribution in [2.75, 3.05) is 33.4 Å². The Morgan fingerprint density at radius 1 is 1.35 bits per heavy atom. The molecule has 1 aliphatic heterocycles. The van der Waals surface area contributed by atoms with E-state index in [1.807, 2.05) is 6.07 Å². The Morgan fingerprint density at radius 2 is 2.15 bits per heavy atom. The highest BCUT2D eigenvalue weighted by molar-refractivity contribution is 5.37.